The molecule has 5 nitrogen and oxygen atoms in total. The third kappa shape index (κ3) is 2.23. The summed E-state index contributed by atoms with van der Waals surface area (Å²) in [7, 11) is 1.63. The number of carbonyl (C=O) groups is 1. The number of hydrogen-bond acceptors (Lipinski definition) is 3. The fourth-order valence-corrected chi connectivity index (χ4v) is 3.66. The van der Waals surface area contributed by atoms with Gasteiger partial charge in [0.15, 0.2) is 0 Å². The molecule has 0 bridgehead atoms. The topological polar surface area (TPSA) is 68.5 Å². The van der Waals surface area contributed by atoms with Gasteiger partial charge < -0.3 is 14.4 Å². The molecule has 0 radical (unpaired) electrons. The Balaban J connectivity index is 2.00. The van der Waals surface area contributed by atoms with Crippen molar-refractivity contribution in [2.45, 2.75) is 19.4 Å². The fourth-order valence-electron chi connectivity index (χ4n) is 3.66. The van der Waals surface area contributed by atoms with Crippen molar-refractivity contribution in [2.75, 3.05) is 7.11 Å². The molecule has 1 aliphatic rings. The van der Waals surface area contributed by atoms with E-state index in [0.29, 0.717) is 5.39 Å². The van der Waals surface area contributed by atoms with E-state index in [2.05, 4.69) is 0 Å². The third-order valence-corrected chi connectivity index (χ3v) is 4.90. The van der Waals surface area contributed by atoms with Crippen LogP contribution in [0.2, 0.25) is 0 Å². The van der Waals surface area contributed by atoms with Crippen molar-refractivity contribution in [3.8, 4) is 16.9 Å². The molecule has 4 rings (SSSR count). The lowest BCUT2D eigenvalue weighted by Crippen LogP contribution is -2.18. The largest absolute Gasteiger partial charge is 0.497 e. The first-order chi connectivity index (χ1) is 12.0. The van der Waals surface area contributed by atoms with Crippen LogP contribution < -0.4 is 10.2 Å². The number of ether oxygens (including phenoxy) is 1. The molecule has 1 atom stereocenters. The zero-order valence-corrected chi connectivity index (χ0v) is 13.9. The Morgan fingerprint density at radius 3 is 2.56 bits per heavy atom. The number of hydrogen-bond donors (Lipinski definition) is 1. The molecule has 0 saturated heterocycles. The van der Waals surface area contributed by atoms with Gasteiger partial charge in [0.25, 0.3) is 0 Å². The van der Waals surface area contributed by atoms with E-state index in [1.54, 1.807) is 13.2 Å². The van der Waals surface area contributed by atoms with E-state index in [1.807, 2.05) is 41.8 Å². The molecule has 2 heterocycles. The van der Waals surface area contributed by atoms with E-state index in [9.17, 15) is 14.7 Å². The molecule has 3 aromatic rings. The maximum atomic E-state index is 12.5. The van der Waals surface area contributed by atoms with E-state index >= 15 is 0 Å². The van der Waals surface area contributed by atoms with Crippen LogP contribution in [0, 0.1) is 0 Å². The highest BCUT2D eigenvalue weighted by molar-refractivity contribution is 5.96. The summed E-state index contributed by atoms with van der Waals surface area (Å²) in [4.78, 5) is 23.9. The van der Waals surface area contributed by atoms with Crippen LogP contribution >= 0.6 is 0 Å². The monoisotopic (exact) mass is 335 g/mol. The van der Waals surface area contributed by atoms with Gasteiger partial charge in [0.05, 0.1) is 12.6 Å². The molecule has 2 aromatic carbocycles. The molecule has 1 aliphatic heterocycles. The zero-order valence-electron chi connectivity index (χ0n) is 13.9. The SMILES string of the molecule is COc1ccc(-c2ccc3c(=O)c(C(=O)O)cn4c3c2CC4C)cc1. The van der Waals surface area contributed by atoms with Crippen molar-refractivity contribution in [2.24, 2.45) is 0 Å². The normalized spacial score (nSPS) is 15.5. The van der Waals surface area contributed by atoms with Gasteiger partial charge in [-0.1, -0.05) is 18.2 Å². The molecule has 1 aromatic heterocycles. The van der Waals surface area contributed by atoms with E-state index in [0.717, 1.165) is 34.4 Å². The van der Waals surface area contributed by atoms with E-state index in [1.165, 1.54) is 6.20 Å². The Labute approximate surface area is 144 Å². The molecule has 25 heavy (non-hydrogen) atoms. The number of aromatic carboxylic acids is 1. The van der Waals surface area contributed by atoms with Crippen LogP contribution in [0.15, 0.2) is 47.4 Å². The van der Waals surface area contributed by atoms with Crippen molar-refractivity contribution >= 4 is 16.9 Å². The number of carboxylic acids is 1. The first-order valence-corrected chi connectivity index (χ1v) is 8.09. The summed E-state index contributed by atoms with van der Waals surface area (Å²) < 4.78 is 7.13. The van der Waals surface area contributed by atoms with Gasteiger partial charge in [-0.25, -0.2) is 4.79 Å². The predicted octanol–water partition coefficient (Wildman–Crippen LogP) is 3.49. The number of methoxy groups -OCH3 is 1. The molecule has 126 valence electrons. The smallest absolute Gasteiger partial charge is 0.341 e. The average Bonchev–Trinajstić information content (AvgIpc) is 2.94. The zero-order chi connectivity index (χ0) is 17.7. The summed E-state index contributed by atoms with van der Waals surface area (Å²) in [6.07, 6.45) is 2.24. The van der Waals surface area contributed by atoms with Crippen LogP contribution in [-0.4, -0.2) is 22.8 Å². The third-order valence-electron chi connectivity index (χ3n) is 4.90. The van der Waals surface area contributed by atoms with Crippen LogP contribution in [0.5, 0.6) is 5.75 Å². The standard InChI is InChI=1S/C20H17NO4/c1-11-9-16-14(12-3-5-13(25-2)6-4-12)7-8-15-18(16)21(11)10-17(19(15)22)20(23)24/h3-8,10-11H,9H2,1-2H3,(H,23,24). The van der Waals surface area contributed by atoms with Crippen LogP contribution in [0.25, 0.3) is 22.0 Å². The highest BCUT2D eigenvalue weighted by Gasteiger charge is 2.26. The van der Waals surface area contributed by atoms with Crippen LogP contribution in [-0.2, 0) is 6.42 Å². The number of nitrogens with zero attached hydrogens (tertiary/aromatic N) is 1. The second-order valence-corrected chi connectivity index (χ2v) is 6.35. The molecule has 0 amide bonds. The maximum Gasteiger partial charge on any atom is 0.341 e. The Morgan fingerprint density at radius 2 is 1.92 bits per heavy atom. The number of benzene rings is 2. The Morgan fingerprint density at radius 1 is 1.20 bits per heavy atom. The highest BCUT2D eigenvalue weighted by Crippen LogP contribution is 2.38. The van der Waals surface area contributed by atoms with E-state index in [-0.39, 0.29) is 11.6 Å². The second kappa shape index (κ2) is 5.48. The number of aromatic nitrogens is 1. The minimum absolute atomic E-state index is 0.107. The van der Waals surface area contributed by atoms with Crippen molar-refractivity contribution in [3.05, 3.63) is 63.9 Å². The van der Waals surface area contributed by atoms with Gasteiger partial charge >= 0.3 is 5.97 Å². The first-order valence-electron chi connectivity index (χ1n) is 8.09. The minimum Gasteiger partial charge on any atom is -0.497 e. The van der Waals surface area contributed by atoms with E-state index < -0.39 is 11.4 Å². The Hall–Kier alpha value is -3.08. The lowest BCUT2D eigenvalue weighted by molar-refractivity contribution is 0.0695. The van der Waals surface area contributed by atoms with Crippen LogP contribution in [0.4, 0.5) is 0 Å². The summed E-state index contributed by atoms with van der Waals surface area (Å²) >= 11 is 0. The Kier molecular flexibility index (Phi) is 3.39. The quantitative estimate of drug-likeness (QED) is 0.795. The van der Waals surface area contributed by atoms with Crippen molar-refractivity contribution < 1.29 is 14.6 Å². The van der Waals surface area contributed by atoms with Gasteiger partial charge in [-0.05, 0) is 48.2 Å². The maximum absolute atomic E-state index is 12.5. The number of rotatable bonds is 3. The van der Waals surface area contributed by atoms with E-state index in [4.69, 9.17) is 4.74 Å². The summed E-state index contributed by atoms with van der Waals surface area (Å²) in [5.74, 6) is -0.395. The highest BCUT2D eigenvalue weighted by atomic mass is 16.5. The first kappa shape index (κ1) is 15.4. The lowest BCUT2D eigenvalue weighted by atomic mass is 9.95. The molecule has 0 aliphatic carbocycles. The number of carboxylic acid groups (broad SMARTS) is 1. The molecule has 0 spiro atoms. The molecule has 0 saturated carbocycles. The minimum atomic E-state index is -1.18. The molecular weight excluding hydrogens is 318 g/mol. The Bertz CT molecular complexity index is 1060. The van der Waals surface area contributed by atoms with Gasteiger partial charge in [-0.15, -0.1) is 0 Å². The fraction of sp³-hybridized carbons (Fsp3) is 0.200. The van der Waals surface area contributed by atoms with Crippen molar-refractivity contribution in [1.82, 2.24) is 4.57 Å². The van der Waals surface area contributed by atoms with Crippen LogP contribution in [0.3, 0.4) is 0 Å². The molecule has 0 fully saturated rings. The molecule has 1 N–H and O–H groups in total. The lowest BCUT2D eigenvalue weighted by Gasteiger charge is -2.11. The summed E-state index contributed by atoms with van der Waals surface area (Å²) in [5, 5.41) is 9.77. The summed E-state index contributed by atoms with van der Waals surface area (Å²) in [5.41, 5.74) is 3.45. The van der Waals surface area contributed by atoms with Gasteiger partial charge in [0.1, 0.15) is 11.3 Å². The van der Waals surface area contributed by atoms with Gasteiger partial charge in [-0.2, -0.15) is 0 Å². The number of pyridine rings is 1. The molecular formula is C20H17NO4. The summed E-state index contributed by atoms with van der Waals surface area (Å²) in [6, 6.07) is 11.6. The van der Waals surface area contributed by atoms with Crippen LogP contribution in [0.1, 0.15) is 28.9 Å². The average molecular weight is 335 g/mol. The van der Waals surface area contributed by atoms with Gasteiger partial charge in [0.2, 0.25) is 5.43 Å². The predicted molar refractivity (Wildman–Crippen MR) is 95.6 cm³/mol. The molecule has 5 heteroatoms. The molecule has 1 unspecified atom stereocenters. The summed E-state index contributed by atoms with van der Waals surface area (Å²) in [6.45, 7) is 2.04. The van der Waals surface area contributed by atoms with Crippen molar-refractivity contribution in [1.29, 1.82) is 0 Å². The second-order valence-electron chi connectivity index (χ2n) is 6.35. The van der Waals surface area contributed by atoms with Crippen molar-refractivity contribution in [3.63, 3.8) is 0 Å². The van der Waals surface area contributed by atoms with Gasteiger partial charge in [0, 0.05) is 17.6 Å². The van der Waals surface area contributed by atoms with Gasteiger partial charge in [-0.3, -0.25) is 4.79 Å².